The Hall–Kier alpha value is -3.23. The van der Waals surface area contributed by atoms with Crippen LogP contribution in [0.3, 0.4) is 0 Å². The molecule has 2 saturated heterocycles. The molecule has 3 N–H and O–H groups in total. The second kappa shape index (κ2) is 15.5. The Labute approximate surface area is 256 Å². The lowest BCUT2D eigenvalue weighted by Gasteiger charge is -2.43. The SMILES string of the molecule is CCNC(=O)NCc1cccc(-c2ccc([C@@H]3O[C@H](CN4CCCCCCC4)[C@H](C)[C@H](c4ccc(CO)cc4)O3)cc2)c1. The number of urea groups is 1. The average Bonchev–Trinajstić information content (AvgIpc) is 3.02. The molecular formula is C36H47N3O4. The number of carbonyl (C=O) groups is 1. The second-order valence-corrected chi connectivity index (χ2v) is 11.9. The maximum absolute atomic E-state index is 11.8. The molecular weight excluding hydrogens is 538 g/mol. The molecule has 2 heterocycles. The van der Waals surface area contributed by atoms with Crippen molar-refractivity contribution in [3.05, 3.63) is 95.1 Å². The molecule has 2 aliphatic heterocycles. The van der Waals surface area contributed by atoms with Crippen molar-refractivity contribution in [3.8, 4) is 11.1 Å². The van der Waals surface area contributed by atoms with Gasteiger partial charge in [0.2, 0.25) is 0 Å². The Morgan fingerprint density at radius 3 is 2.23 bits per heavy atom. The predicted octanol–water partition coefficient (Wildman–Crippen LogP) is 6.72. The predicted molar refractivity (Wildman–Crippen MR) is 170 cm³/mol. The standard InChI is InChI=1S/C36H47N3O4/c1-3-37-36(41)38-23-28-10-9-11-32(22-28)29-16-18-31(19-17-29)35-42-33(24-39-20-7-5-4-6-8-21-39)26(2)34(43-35)30-14-12-27(25-40)13-15-30/h9-19,22,26,33-35,40H,3-8,20-21,23-25H2,1-2H3,(H2,37,38,41)/t26-,33+,34+,35+/m0/s1. The summed E-state index contributed by atoms with van der Waals surface area (Å²) in [7, 11) is 0. The van der Waals surface area contributed by atoms with Crippen LogP contribution in [0.5, 0.6) is 0 Å². The minimum absolute atomic E-state index is 0.0324. The van der Waals surface area contributed by atoms with E-state index in [9.17, 15) is 9.90 Å². The minimum Gasteiger partial charge on any atom is -0.392 e. The Balaban J connectivity index is 1.33. The van der Waals surface area contributed by atoms with Crippen molar-refractivity contribution in [3.63, 3.8) is 0 Å². The first-order valence-corrected chi connectivity index (χ1v) is 16.0. The van der Waals surface area contributed by atoms with Crippen LogP contribution in [-0.2, 0) is 22.6 Å². The summed E-state index contributed by atoms with van der Waals surface area (Å²) in [6.45, 7) is 8.40. The Bertz CT molecular complexity index is 1290. The highest BCUT2D eigenvalue weighted by Gasteiger charge is 2.39. The summed E-state index contributed by atoms with van der Waals surface area (Å²) in [4.78, 5) is 14.4. The Kier molecular flexibility index (Phi) is 11.2. The van der Waals surface area contributed by atoms with Gasteiger partial charge in [0.05, 0.1) is 18.8 Å². The van der Waals surface area contributed by atoms with Gasteiger partial charge in [-0.25, -0.2) is 4.79 Å². The first-order chi connectivity index (χ1) is 21.0. The van der Waals surface area contributed by atoms with E-state index < -0.39 is 6.29 Å². The maximum Gasteiger partial charge on any atom is 0.315 e. The van der Waals surface area contributed by atoms with E-state index in [0.717, 1.165) is 53.0 Å². The number of carbonyl (C=O) groups excluding carboxylic acids is 1. The van der Waals surface area contributed by atoms with Gasteiger partial charge in [0.25, 0.3) is 0 Å². The molecule has 230 valence electrons. The summed E-state index contributed by atoms with van der Waals surface area (Å²) in [5.74, 6) is 0.177. The molecule has 0 spiro atoms. The fraction of sp³-hybridized carbons (Fsp3) is 0.472. The van der Waals surface area contributed by atoms with Gasteiger partial charge in [-0.05, 0) is 66.7 Å². The molecule has 0 unspecified atom stereocenters. The van der Waals surface area contributed by atoms with Gasteiger partial charge in [-0.3, -0.25) is 0 Å². The molecule has 7 nitrogen and oxygen atoms in total. The zero-order valence-corrected chi connectivity index (χ0v) is 25.6. The number of amides is 2. The molecule has 0 bridgehead atoms. The van der Waals surface area contributed by atoms with Crippen molar-refractivity contribution in [1.29, 1.82) is 0 Å². The summed E-state index contributed by atoms with van der Waals surface area (Å²) < 4.78 is 13.4. The summed E-state index contributed by atoms with van der Waals surface area (Å²) in [6.07, 6.45) is 5.91. The van der Waals surface area contributed by atoms with E-state index in [1.165, 1.54) is 32.1 Å². The monoisotopic (exact) mass is 585 g/mol. The molecule has 43 heavy (non-hydrogen) atoms. The number of aliphatic hydroxyl groups is 1. The van der Waals surface area contributed by atoms with E-state index in [4.69, 9.17) is 9.47 Å². The molecule has 3 aromatic carbocycles. The first kappa shape index (κ1) is 31.2. The molecule has 0 aromatic heterocycles. The molecule has 2 aliphatic rings. The van der Waals surface area contributed by atoms with Crippen LogP contribution in [0.25, 0.3) is 11.1 Å². The van der Waals surface area contributed by atoms with Crippen LogP contribution >= 0.6 is 0 Å². The second-order valence-electron chi connectivity index (χ2n) is 11.9. The van der Waals surface area contributed by atoms with Gasteiger partial charge in [-0.2, -0.15) is 0 Å². The topological polar surface area (TPSA) is 83.1 Å². The van der Waals surface area contributed by atoms with Crippen molar-refractivity contribution in [2.24, 2.45) is 5.92 Å². The van der Waals surface area contributed by atoms with E-state index in [2.05, 4.69) is 71.0 Å². The van der Waals surface area contributed by atoms with E-state index in [1.807, 2.05) is 31.2 Å². The zero-order valence-electron chi connectivity index (χ0n) is 25.6. The number of rotatable bonds is 9. The van der Waals surface area contributed by atoms with Crippen LogP contribution in [0.1, 0.15) is 80.6 Å². The first-order valence-electron chi connectivity index (χ1n) is 16.0. The number of likely N-dealkylation sites (tertiary alicyclic amines) is 1. The third-order valence-electron chi connectivity index (χ3n) is 8.74. The van der Waals surface area contributed by atoms with Gasteiger partial charge < -0.3 is 30.1 Å². The third kappa shape index (κ3) is 8.45. The molecule has 0 aliphatic carbocycles. The van der Waals surface area contributed by atoms with Crippen LogP contribution in [0, 0.1) is 5.92 Å². The molecule has 4 atom stereocenters. The van der Waals surface area contributed by atoms with Gasteiger partial charge in [-0.15, -0.1) is 0 Å². The van der Waals surface area contributed by atoms with E-state index in [0.29, 0.717) is 13.1 Å². The highest BCUT2D eigenvalue weighted by Crippen LogP contribution is 2.42. The van der Waals surface area contributed by atoms with Gasteiger partial charge >= 0.3 is 6.03 Å². The Morgan fingerprint density at radius 1 is 0.837 bits per heavy atom. The van der Waals surface area contributed by atoms with Crippen molar-refractivity contribution in [2.45, 2.75) is 77.6 Å². The number of hydrogen-bond donors (Lipinski definition) is 3. The molecule has 0 radical (unpaired) electrons. The van der Waals surface area contributed by atoms with Crippen molar-refractivity contribution < 1.29 is 19.4 Å². The largest absolute Gasteiger partial charge is 0.392 e. The van der Waals surface area contributed by atoms with Crippen molar-refractivity contribution in [2.75, 3.05) is 26.2 Å². The summed E-state index contributed by atoms with van der Waals surface area (Å²) in [5, 5.41) is 15.2. The van der Waals surface area contributed by atoms with Crippen LogP contribution in [0.4, 0.5) is 4.79 Å². The van der Waals surface area contributed by atoms with E-state index in [1.54, 1.807) is 0 Å². The van der Waals surface area contributed by atoms with Crippen molar-refractivity contribution >= 4 is 6.03 Å². The molecule has 7 heteroatoms. The molecule has 3 aromatic rings. The summed E-state index contributed by atoms with van der Waals surface area (Å²) in [5.41, 5.74) is 6.25. The minimum atomic E-state index is -0.472. The van der Waals surface area contributed by atoms with Crippen LogP contribution in [-0.4, -0.2) is 48.3 Å². The third-order valence-corrected chi connectivity index (χ3v) is 8.74. The lowest BCUT2D eigenvalue weighted by molar-refractivity contribution is -0.276. The molecule has 5 rings (SSSR count). The number of hydrogen-bond acceptors (Lipinski definition) is 5. The summed E-state index contributed by atoms with van der Waals surface area (Å²) in [6, 6.07) is 24.7. The van der Waals surface area contributed by atoms with Crippen LogP contribution in [0.15, 0.2) is 72.8 Å². The average molecular weight is 586 g/mol. The quantitative estimate of drug-likeness (QED) is 0.260. The fourth-order valence-corrected chi connectivity index (χ4v) is 6.18. The normalized spacial score (nSPS) is 23.2. The number of benzene rings is 3. The molecule has 2 fully saturated rings. The Morgan fingerprint density at radius 2 is 1.53 bits per heavy atom. The van der Waals surface area contributed by atoms with Crippen LogP contribution in [0.2, 0.25) is 0 Å². The fourth-order valence-electron chi connectivity index (χ4n) is 6.18. The van der Waals surface area contributed by atoms with Gasteiger partial charge in [0.1, 0.15) is 0 Å². The summed E-state index contributed by atoms with van der Waals surface area (Å²) >= 11 is 0. The number of nitrogens with zero attached hydrogens (tertiary/aromatic N) is 1. The van der Waals surface area contributed by atoms with E-state index in [-0.39, 0.29) is 30.8 Å². The van der Waals surface area contributed by atoms with Crippen molar-refractivity contribution in [1.82, 2.24) is 15.5 Å². The highest BCUT2D eigenvalue weighted by atomic mass is 16.7. The number of nitrogens with one attached hydrogen (secondary N) is 2. The van der Waals surface area contributed by atoms with Gasteiger partial charge in [0.15, 0.2) is 6.29 Å². The van der Waals surface area contributed by atoms with Gasteiger partial charge in [0, 0.05) is 31.1 Å². The van der Waals surface area contributed by atoms with Gasteiger partial charge in [-0.1, -0.05) is 92.9 Å². The van der Waals surface area contributed by atoms with Crippen LogP contribution < -0.4 is 10.6 Å². The lowest BCUT2D eigenvalue weighted by Crippen LogP contribution is -2.45. The molecule has 0 saturated carbocycles. The molecule has 2 amide bonds. The van der Waals surface area contributed by atoms with E-state index >= 15 is 0 Å². The number of ether oxygens (including phenoxy) is 2. The smallest absolute Gasteiger partial charge is 0.315 e. The maximum atomic E-state index is 11.8. The lowest BCUT2D eigenvalue weighted by atomic mass is 9.89. The highest BCUT2D eigenvalue weighted by molar-refractivity contribution is 5.73. The zero-order chi connectivity index (χ0) is 30.0. The number of aliphatic hydroxyl groups excluding tert-OH is 1.